The number of nitrogens with zero attached hydrogens (tertiary/aromatic N) is 2. The minimum absolute atomic E-state index is 0.0471. The maximum atomic E-state index is 12.5. The van der Waals surface area contributed by atoms with Gasteiger partial charge in [0.2, 0.25) is 5.91 Å². The molecule has 1 N–H and O–H groups in total. The van der Waals surface area contributed by atoms with Gasteiger partial charge in [-0.3, -0.25) is 14.5 Å². The highest BCUT2D eigenvalue weighted by Gasteiger charge is 2.52. The molecule has 7 nitrogen and oxygen atoms in total. The molecule has 2 saturated heterocycles. The van der Waals surface area contributed by atoms with Gasteiger partial charge in [-0.25, -0.2) is 4.79 Å². The van der Waals surface area contributed by atoms with Crippen LogP contribution in [0.3, 0.4) is 0 Å². The number of hydrogen-bond donors (Lipinski definition) is 1. The second-order valence-corrected chi connectivity index (χ2v) is 7.34. The zero-order valence-electron chi connectivity index (χ0n) is 14.5. The van der Waals surface area contributed by atoms with Gasteiger partial charge in [-0.15, -0.1) is 0 Å². The molecule has 3 rings (SSSR count). The van der Waals surface area contributed by atoms with Crippen molar-refractivity contribution < 1.29 is 19.1 Å². The first-order chi connectivity index (χ1) is 11.4. The third-order valence-corrected chi connectivity index (χ3v) is 5.25. The number of amides is 4. The van der Waals surface area contributed by atoms with E-state index in [1.807, 2.05) is 18.7 Å². The van der Waals surface area contributed by atoms with Crippen molar-refractivity contribution in [3.8, 4) is 0 Å². The number of morpholine rings is 1. The number of nitrogens with one attached hydrogen (secondary N) is 1. The van der Waals surface area contributed by atoms with Gasteiger partial charge in [0.25, 0.3) is 5.91 Å². The molecule has 2 heterocycles. The summed E-state index contributed by atoms with van der Waals surface area (Å²) in [6, 6.07) is -0.303. The van der Waals surface area contributed by atoms with Crippen LogP contribution in [0.1, 0.15) is 52.4 Å². The molecule has 0 unspecified atom stereocenters. The van der Waals surface area contributed by atoms with E-state index < -0.39 is 5.54 Å². The van der Waals surface area contributed by atoms with Gasteiger partial charge in [-0.1, -0.05) is 12.8 Å². The van der Waals surface area contributed by atoms with E-state index in [9.17, 15) is 14.4 Å². The first-order valence-corrected chi connectivity index (χ1v) is 8.99. The van der Waals surface area contributed by atoms with Gasteiger partial charge in [0.05, 0.1) is 12.2 Å². The first kappa shape index (κ1) is 17.2. The fourth-order valence-electron chi connectivity index (χ4n) is 4.12. The zero-order chi connectivity index (χ0) is 17.3. The predicted molar refractivity (Wildman–Crippen MR) is 87.3 cm³/mol. The molecule has 0 aromatic rings. The van der Waals surface area contributed by atoms with Gasteiger partial charge in [0, 0.05) is 26.1 Å². The molecule has 1 saturated carbocycles. The number of rotatable bonds is 4. The van der Waals surface area contributed by atoms with E-state index in [0.29, 0.717) is 32.5 Å². The molecule has 1 spiro atoms. The SMILES string of the molecule is C[C@H]1CN(C(=O)CCCN2C(=O)NC3(CCCC3)C2=O)C[C@H](C)O1. The summed E-state index contributed by atoms with van der Waals surface area (Å²) in [5.74, 6) is -0.0364. The van der Waals surface area contributed by atoms with E-state index in [4.69, 9.17) is 4.74 Å². The van der Waals surface area contributed by atoms with Crippen LogP contribution in [0.4, 0.5) is 4.79 Å². The molecule has 0 aromatic carbocycles. The lowest BCUT2D eigenvalue weighted by Gasteiger charge is -2.35. The van der Waals surface area contributed by atoms with Crippen LogP contribution >= 0.6 is 0 Å². The van der Waals surface area contributed by atoms with Crippen molar-refractivity contribution in [2.45, 2.75) is 70.1 Å². The van der Waals surface area contributed by atoms with Crippen LogP contribution in [-0.2, 0) is 14.3 Å². The van der Waals surface area contributed by atoms with Crippen LogP contribution in [0, 0.1) is 0 Å². The second kappa shape index (κ2) is 6.70. The van der Waals surface area contributed by atoms with Crippen molar-refractivity contribution in [2.24, 2.45) is 0 Å². The highest BCUT2D eigenvalue weighted by atomic mass is 16.5. The Labute approximate surface area is 142 Å². The number of hydrogen-bond acceptors (Lipinski definition) is 4. The Bertz CT molecular complexity index is 520. The normalized spacial score (nSPS) is 29.4. The van der Waals surface area contributed by atoms with Crippen molar-refractivity contribution in [1.82, 2.24) is 15.1 Å². The fraction of sp³-hybridized carbons (Fsp3) is 0.824. The van der Waals surface area contributed by atoms with Crippen LogP contribution in [0.2, 0.25) is 0 Å². The van der Waals surface area contributed by atoms with E-state index >= 15 is 0 Å². The molecule has 1 aliphatic carbocycles. The van der Waals surface area contributed by atoms with Crippen LogP contribution in [0.15, 0.2) is 0 Å². The molecule has 3 fully saturated rings. The zero-order valence-corrected chi connectivity index (χ0v) is 14.5. The van der Waals surface area contributed by atoms with Gasteiger partial charge in [0.15, 0.2) is 0 Å². The standard InChI is InChI=1S/C17H27N3O4/c1-12-10-19(11-13(2)24-12)14(21)6-5-9-20-15(22)17(18-16(20)23)7-3-4-8-17/h12-13H,3-11H2,1-2H3,(H,18,23)/t12-,13-/m0/s1. The Balaban J connectivity index is 1.48. The lowest BCUT2D eigenvalue weighted by molar-refractivity contribution is -0.143. The van der Waals surface area contributed by atoms with Crippen molar-refractivity contribution in [3.05, 3.63) is 0 Å². The Morgan fingerprint density at radius 2 is 1.83 bits per heavy atom. The summed E-state index contributed by atoms with van der Waals surface area (Å²) in [6.07, 6.45) is 4.37. The highest BCUT2D eigenvalue weighted by Crippen LogP contribution is 2.35. The van der Waals surface area contributed by atoms with E-state index in [0.717, 1.165) is 25.7 Å². The van der Waals surface area contributed by atoms with Gasteiger partial charge >= 0.3 is 6.03 Å². The molecule has 0 aromatic heterocycles. The molecule has 2 aliphatic heterocycles. The number of urea groups is 1. The topological polar surface area (TPSA) is 79.0 Å². The summed E-state index contributed by atoms with van der Waals surface area (Å²) in [7, 11) is 0. The van der Waals surface area contributed by atoms with E-state index in [2.05, 4.69) is 5.32 Å². The maximum absolute atomic E-state index is 12.5. The Morgan fingerprint density at radius 3 is 2.46 bits per heavy atom. The summed E-state index contributed by atoms with van der Waals surface area (Å²) in [4.78, 5) is 40.1. The highest BCUT2D eigenvalue weighted by molar-refractivity contribution is 6.07. The average Bonchev–Trinajstić information content (AvgIpc) is 3.07. The van der Waals surface area contributed by atoms with E-state index in [-0.39, 0.29) is 30.1 Å². The van der Waals surface area contributed by atoms with Crippen LogP contribution in [0.25, 0.3) is 0 Å². The van der Waals surface area contributed by atoms with Gasteiger partial charge in [-0.2, -0.15) is 0 Å². The van der Waals surface area contributed by atoms with Crippen molar-refractivity contribution in [2.75, 3.05) is 19.6 Å². The number of imide groups is 1. The van der Waals surface area contributed by atoms with E-state index in [1.165, 1.54) is 4.90 Å². The molecule has 2 atom stereocenters. The predicted octanol–water partition coefficient (Wildman–Crippen LogP) is 1.27. The summed E-state index contributed by atoms with van der Waals surface area (Å²) >= 11 is 0. The van der Waals surface area contributed by atoms with Crippen molar-refractivity contribution >= 4 is 17.8 Å². The largest absolute Gasteiger partial charge is 0.372 e. The summed E-state index contributed by atoms with van der Waals surface area (Å²) < 4.78 is 5.63. The molecule has 134 valence electrons. The monoisotopic (exact) mass is 337 g/mol. The van der Waals surface area contributed by atoms with E-state index in [1.54, 1.807) is 0 Å². The maximum Gasteiger partial charge on any atom is 0.325 e. The smallest absolute Gasteiger partial charge is 0.325 e. The van der Waals surface area contributed by atoms with Crippen molar-refractivity contribution in [1.29, 1.82) is 0 Å². The molecular formula is C17H27N3O4. The lowest BCUT2D eigenvalue weighted by Crippen LogP contribution is -2.48. The molecular weight excluding hydrogens is 310 g/mol. The van der Waals surface area contributed by atoms with Crippen LogP contribution in [-0.4, -0.2) is 65.0 Å². The average molecular weight is 337 g/mol. The lowest BCUT2D eigenvalue weighted by atomic mass is 9.98. The van der Waals surface area contributed by atoms with Crippen LogP contribution < -0.4 is 5.32 Å². The second-order valence-electron chi connectivity index (χ2n) is 7.34. The third-order valence-electron chi connectivity index (χ3n) is 5.25. The van der Waals surface area contributed by atoms with Crippen molar-refractivity contribution in [3.63, 3.8) is 0 Å². The number of carbonyl (C=O) groups is 3. The minimum atomic E-state index is -0.657. The van der Waals surface area contributed by atoms with Gasteiger partial charge < -0.3 is 15.0 Å². The number of ether oxygens (including phenoxy) is 1. The fourth-order valence-corrected chi connectivity index (χ4v) is 4.12. The Hall–Kier alpha value is -1.63. The third kappa shape index (κ3) is 3.27. The quantitative estimate of drug-likeness (QED) is 0.784. The molecule has 0 bridgehead atoms. The number of carbonyl (C=O) groups excluding carboxylic acids is 3. The Kier molecular flexibility index (Phi) is 4.80. The molecule has 4 amide bonds. The minimum Gasteiger partial charge on any atom is -0.372 e. The molecule has 0 radical (unpaired) electrons. The van der Waals surface area contributed by atoms with Crippen LogP contribution in [0.5, 0.6) is 0 Å². The molecule has 24 heavy (non-hydrogen) atoms. The Morgan fingerprint density at radius 1 is 1.21 bits per heavy atom. The van der Waals surface area contributed by atoms with Gasteiger partial charge in [-0.05, 0) is 33.1 Å². The summed E-state index contributed by atoms with van der Waals surface area (Å²) in [6.45, 7) is 5.45. The van der Waals surface area contributed by atoms with Gasteiger partial charge in [0.1, 0.15) is 5.54 Å². The summed E-state index contributed by atoms with van der Waals surface area (Å²) in [5.41, 5.74) is -0.657. The first-order valence-electron chi connectivity index (χ1n) is 8.99. The molecule has 3 aliphatic rings. The molecule has 7 heteroatoms. The summed E-state index contributed by atoms with van der Waals surface area (Å²) in [5, 5.41) is 2.87.